The molecule has 2 N–H and O–H groups in total. The van der Waals surface area contributed by atoms with E-state index < -0.39 is 23.6 Å². The van der Waals surface area contributed by atoms with Gasteiger partial charge in [-0.1, -0.05) is 0 Å². The van der Waals surface area contributed by atoms with Crippen molar-refractivity contribution in [3.63, 3.8) is 0 Å². The molecule has 28 heavy (non-hydrogen) atoms. The fourth-order valence-corrected chi connectivity index (χ4v) is 3.88. The third kappa shape index (κ3) is 5.11. The second-order valence-electron chi connectivity index (χ2n) is 6.55. The number of halogens is 3. The average molecular weight is 411 g/mol. The van der Waals surface area contributed by atoms with Crippen LogP contribution in [0.25, 0.3) is 0 Å². The molecule has 2 amide bonds. The number of likely N-dealkylation sites (tertiary alicyclic amines) is 1. The quantitative estimate of drug-likeness (QED) is 0.739. The van der Waals surface area contributed by atoms with Gasteiger partial charge >= 0.3 is 18.0 Å². The number of hydrogen-bond donors (Lipinski definition) is 2. The van der Waals surface area contributed by atoms with Crippen LogP contribution in [-0.4, -0.2) is 36.3 Å². The number of carbonyl (C=O) groups is 2. The Morgan fingerprint density at radius 3 is 2.32 bits per heavy atom. The van der Waals surface area contributed by atoms with E-state index >= 15 is 0 Å². The van der Waals surface area contributed by atoms with Gasteiger partial charge in [-0.3, -0.25) is 14.5 Å². The Hall–Kier alpha value is -2.39. The van der Waals surface area contributed by atoms with Crippen molar-refractivity contribution in [2.24, 2.45) is 0 Å². The summed E-state index contributed by atoms with van der Waals surface area (Å²) in [6, 6.07) is 5.94. The second kappa shape index (κ2) is 8.74. The first kappa shape index (κ1) is 20.3. The van der Waals surface area contributed by atoms with E-state index in [4.69, 9.17) is 0 Å². The van der Waals surface area contributed by atoms with Crippen molar-refractivity contribution in [1.29, 1.82) is 0 Å². The Kier molecular flexibility index (Phi) is 6.35. The maximum atomic E-state index is 12.6. The lowest BCUT2D eigenvalue weighted by Gasteiger charge is -2.27. The molecular weight excluding hydrogens is 391 g/mol. The van der Waals surface area contributed by atoms with Gasteiger partial charge in [0.05, 0.1) is 11.6 Å². The van der Waals surface area contributed by atoms with E-state index in [9.17, 15) is 22.8 Å². The molecule has 0 saturated carbocycles. The minimum atomic E-state index is -4.45. The second-order valence-corrected chi connectivity index (χ2v) is 7.33. The topological polar surface area (TPSA) is 61.4 Å². The number of anilines is 1. The summed E-state index contributed by atoms with van der Waals surface area (Å²) >= 11 is 1.57. The smallest absolute Gasteiger partial charge is 0.346 e. The minimum absolute atomic E-state index is 0.00318. The molecule has 0 radical (unpaired) electrons. The predicted molar refractivity (Wildman–Crippen MR) is 101 cm³/mol. The molecule has 1 unspecified atom stereocenters. The van der Waals surface area contributed by atoms with Crippen LogP contribution in [0, 0.1) is 0 Å². The van der Waals surface area contributed by atoms with Gasteiger partial charge in [0, 0.05) is 12.2 Å². The van der Waals surface area contributed by atoms with Crippen molar-refractivity contribution in [2.75, 3.05) is 25.0 Å². The van der Waals surface area contributed by atoms with Crippen LogP contribution >= 0.6 is 11.3 Å². The molecular formula is C19H20F3N3O2S. The summed E-state index contributed by atoms with van der Waals surface area (Å²) in [7, 11) is 0. The van der Waals surface area contributed by atoms with Gasteiger partial charge in [-0.2, -0.15) is 24.5 Å². The van der Waals surface area contributed by atoms with Crippen LogP contribution in [0.1, 0.15) is 30.0 Å². The fourth-order valence-electron chi connectivity index (χ4n) is 3.18. The highest BCUT2D eigenvalue weighted by Gasteiger charge is 2.30. The highest BCUT2D eigenvalue weighted by atomic mass is 32.1. The van der Waals surface area contributed by atoms with Crippen molar-refractivity contribution in [3.8, 4) is 0 Å². The SMILES string of the molecule is O=C(NCC(c1ccsc1)N1CCCC1)C(=O)Nc1ccc(C(F)(F)F)cc1. The van der Waals surface area contributed by atoms with E-state index in [-0.39, 0.29) is 18.3 Å². The summed E-state index contributed by atoms with van der Waals surface area (Å²) in [6.07, 6.45) is -2.25. The summed E-state index contributed by atoms with van der Waals surface area (Å²) in [5.74, 6) is -1.73. The Balaban J connectivity index is 1.56. The summed E-state index contributed by atoms with van der Waals surface area (Å²) in [5.41, 5.74) is 0.400. The van der Waals surface area contributed by atoms with Gasteiger partial charge < -0.3 is 10.6 Å². The lowest BCUT2D eigenvalue weighted by atomic mass is 10.1. The zero-order valence-electron chi connectivity index (χ0n) is 15.0. The van der Waals surface area contributed by atoms with E-state index in [0.29, 0.717) is 0 Å². The van der Waals surface area contributed by atoms with Gasteiger partial charge in [0.2, 0.25) is 0 Å². The molecule has 150 valence electrons. The molecule has 1 aliphatic heterocycles. The Bertz CT molecular complexity index is 801. The van der Waals surface area contributed by atoms with Crippen LogP contribution in [0.3, 0.4) is 0 Å². The Morgan fingerprint density at radius 1 is 1.07 bits per heavy atom. The van der Waals surface area contributed by atoms with Gasteiger partial charge in [-0.05, 0) is 72.6 Å². The number of benzene rings is 1. The van der Waals surface area contributed by atoms with Crippen molar-refractivity contribution >= 4 is 28.8 Å². The molecule has 1 atom stereocenters. The molecule has 9 heteroatoms. The first-order valence-electron chi connectivity index (χ1n) is 8.87. The number of carbonyl (C=O) groups excluding carboxylic acids is 2. The predicted octanol–water partition coefficient (Wildman–Crippen LogP) is 3.66. The highest BCUT2D eigenvalue weighted by molar-refractivity contribution is 7.08. The molecule has 1 fully saturated rings. The van der Waals surface area contributed by atoms with E-state index in [1.165, 1.54) is 0 Å². The number of alkyl halides is 3. The molecule has 0 spiro atoms. The molecule has 1 aliphatic rings. The summed E-state index contributed by atoms with van der Waals surface area (Å²) < 4.78 is 37.7. The zero-order valence-corrected chi connectivity index (χ0v) is 15.8. The lowest BCUT2D eigenvalue weighted by Crippen LogP contribution is -2.41. The van der Waals surface area contributed by atoms with Gasteiger partial charge in [0.15, 0.2) is 0 Å². The molecule has 3 rings (SSSR count). The number of nitrogens with one attached hydrogen (secondary N) is 2. The number of thiophene rings is 1. The fraction of sp³-hybridized carbons (Fsp3) is 0.368. The van der Waals surface area contributed by atoms with Crippen molar-refractivity contribution in [2.45, 2.75) is 25.1 Å². The van der Waals surface area contributed by atoms with Crippen LogP contribution in [0.5, 0.6) is 0 Å². The average Bonchev–Trinajstić information content (AvgIpc) is 3.36. The normalized spacial score (nSPS) is 16.0. The van der Waals surface area contributed by atoms with E-state index in [0.717, 1.165) is 55.8 Å². The van der Waals surface area contributed by atoms with Crippen molar-refractivity contribution < 1.29 is 22.8 Å². The monoisotopic (exact) mass is 411 g/mol. The maximum absolute atomic E-state index is 12.6. The maximum Gasteiger partial charge on any atom is 0.416 e. The molecule has 2 heterocycles. The molecule has 0 bridgehead atoms. The summed E-state index contributed by atoms with van der Waals surface area (Å²) in [6.45, 7) is 2.16. The van der Waals surface area contributed by atoms with E-state index in [1.54, 1.807) is 11.3 Å². The third-order valence-electron chi connectivity index (χ3n) is 4.64. The van der Waals surface area contributed by atoms with Crippen LogP contribution in [0.15, 0.2) is 41.1 Å². The van der Waals surface area contributed by atoms with Crippen molar-refractivity contribution in [3.05, 3.63) is 52.2 Å². The number of amides is 2. The largest absolute Gasteiger partial charge is 0.416 e. The molecule has 1 saturated heterocycles. The van der Waals surface area contributed by atoms with Crippen molar-refractivity contribution in [1.82, 2.24) is 10.2 Å². The van der Waals surface area contributed by atoms with Crippen LogP contribution < -0.4 is 10.6 Å². The minimum Gasteiger partial charge on any atom is -0.346 e. The zero-order chi connectivity index (χ0) is 20.1. The van der Waals surface area contributed by atoms with Crippen LogP contribution in [-0.2, 0) is 15.8 Å². The van der Waals surface area contributed by atoms with Gasteiger partial charge in [-0.25, -0.2) is 0 Å². The molecule has 5 nitrogen and oxygen atoms in total. The first-order chi connectivity index (χ1) is 13.3. The number of rotatable bonds is 5. The van der Waals surface area contributed by atoms with E-state index in [1.807, 2.05) is 16.8 Å². The summed E-state index contributed by atoms with van der Waals surface area (Å²) in [5, 5.41) is 8.95. The van der Waals surface area contributed by atoms with Gasteiger partial charge in [0.25, 0.3) is 0 Å². The summed E-state index contributed by atoms with van der Waals surface area (Å²) in [4.78, 5) is 26.5. The number of nitrogens with zero attached hydrogens (tertiary/aromatic N) is 1. The van der Waals surface area contributed by atoms with E-state index in [2.05, 4.69) is 15.5 Å². The molecule has 1 aromatic carbocycles. The highest BCUT2D eigenvalue weighted by Crippen LogP contribution is 2.30. The van der Waals surface area contributed by atoms with Gasteiger partial charge in [0.1, 0.15) is 0 Å². The lowest BCUT2D eigenvalue weighted by molar-refractivity contribution is -0.137. The Morgan fingerprint density at radius 2 is 1.75 bits per heavy atom. The number of hydrogen-bond acceptors (Lipinski definition) is 4. The third-order valence-corrected chi connectivity index (χ3v) is 5.34. The van der Waals surface area contributed by atoms with Crippen LogP contribution in [0.4, 0.5) is 18.9 Å². The Labute approximate surface area is 164 Å². The first-order valence-corrected chi connectivity index (χ1v) is 9.81. The van der Waals surface area contributed by atoms with Crippen LogP contribution in [0.2, 0.25) is 0 Å². The molecule has 0 aliphatic carbocycles. The molecule has 2 aromatic rings. The van der Waals surface area contributed by atoms with Gasteiger partial charge in [-0.15, -0.1) is 0 Å². The standard InChI is InChI=1S/C19H20F3N3O2S/c20-19(21,22)14-3-5-15(6-4-14)24-18(27)17(26)23-11-16(13-7-10-28-12-13)25-8-1-2-9-25/h3-7,10,12,16H,1-2,8-9,11H2,(H,23,26)(H,24,27). The molecule has 1 aromatic heterocycles.